The summed E-state index contributed by atoms with van der Waals surface area (Å²) in [5.41, 5.74) is 3.65. The van der Waals surface area contributed by atoms with E-state index in [1.807, 2.05) is 49.5 Å². The van der Waals surface area contributed by atoms with Crippen molar-refractivity contribution >= 4 is 11.6 Å². The van der Waals surface area contributed by atoms with E-state index >= 15 is 0 Å². The molecule has 27 heavy (non-hydrogen) atoms. The molecular weight excluding hydrogens is 339 g/mol. The second kappa shape index (κ2) is 9.10. The summed E-state index contributed by atoms with van der Waals surface area (Å²) in [6.45, 7) is 0.569. The Morgan fingerprint density at radius 1 is 0.889 bits per heavy atom. The Balaban J connectivity index is 1.61. The fourth-order valence-corrected chi connectivity index (χ4v) is 3.02. The zero-order valence-corrected chi connectivity index (χ0v) is 15.4. The first-order valence-electron chi connectivity index (χ1n) is 8.95. The molecule has 138 valence electrons. The number of hydrogen-bond acceptors (Lipinski definition) is 2. The highest BCUT2D eigenvalue weighted by Crippen LogP contribution is 2.19. The van der Waals surface area contributed by atoms with E-state index in [-0.39, 0.29) is 18.3 Å². The maximum atomic E-state index is 13.8. The first kappa shape index (κ1) is 18.8. The average molecular weight is 362 g/mol. The summed E-state index contributed by atoms with van der Waals surface area (Å²) in [6.07, 6.45) is 0.752. The lowest BCUT2D eigenvalue weighted by molar-refractivity contribution is -0.117. The molecule has 0 aliphatic rings. The zero-order chi connectivity index (χ0) is 19.1. The smallest absolute Gasteiger partial charge is 0.238 e. The van der Waals surface area contributed by atoms with Gasteiger partial charge in [0.15, 0.2) is 0 Å². The molecule has 0 spiro atoms. The fourth-order valence-electron chi connectivity index (χ4n) is 3.02. The second-order valence-electron chi connectivity index (χ2n) is 6.63. The minimum atomic E-state index is -0.252. The summed E-state index contributed by atoms with van der Waals surface area (Å²) in [5, 5.41) is 2.99. The van der Waals surface area contributed by atoms with E-state index in [2.05, 4.69) is 17.4 Å². The lowest BCUT2D eigenvalue weighted by Gasteiger charge is -2.18. The number of nitrogens with zero attached hydrogens (tertiary/aromatic N) is 1. The summed E-state index contributed by atoms with van der Waals surface area (Å²) >= 11 is 0. The van der Waals surface area contributed by atoms with Gasteiger partial charge in [0.25, 0.3) is 0 Å². The molecule has 0 atom stereocenters. The number of amides is 1. The number of anilines is 1. The SMILES string of the molecule is CN(CC(=O)Nc1ccccc1Cc1ccccc1)Cc1ccccc1F. The average Bonchev–Trinajstić information content (AvgIpc) is 2.66. The Bertz CT molecular complexity index is 896. The molecular formula is C23H23FN2O. The van der Waals surface area contributed by atoms with Gasteiger partial charge < -0.3 is 5.32 Å². The topological polar surface area (TPSA) is 32.3 Å². The lowest BCUT2D eigenvalue weighted by Crippen LogP contribution is -2.30. The molecule has 3 aromatic rings. The maximum Gasteiger partial charge on any atom is 0.238 e. The molecule has 3 aromatic carbocycles. The third-order valence-electron chi connectivity index (χ3n) is 4.34. The molecule has 0 radical (unpaired) electrons. The van der Waals surface area contributed by atoms with Gasteiger partial charge in [-0.25, -0.2) is 4.39 Å². The van der Waals surface area contributed by atoms with E-state index < -0.39 is 0 Å². The molecule has 4 heteroatoms. The van der Waals surface area contributed by atoms with Crippen molar-refractivity contribution in [2.75, 3.05) is 18.9 Å². The molecule has 0 unspecified atom stereocenters. The van der Waals surface area contributed by atoms with Gasteiger partial charge in [-0.1, -0.05) is 66.7 Å². The van der Waals surface area contributed by atoms with Crippen LogP contribution in [-0.2, 0) is 17.8 Å². The predicted molar refractivity (Wildman–Crippen MR) is 107 cm³/mol. The van der Waals surface area contributed by atoms with Gasteiger partial charge in [0.05, 0.1) is 6.54 Å². The van der Waals surface area contributed by atoms with Crippen LogP contribution in [0.3, 0.4) is 0 Å². The van der Waals surface area contributed by atoms with Gasteiger partial charge in [0.2, 0.25) is 5.91 Å². The fraction of sp³-hybridized carbons (Fsp3) is 0.174. The molecule has 1 N–H and O–H groups in total. The monoisotopic (exact) mass is 362 g/mol. The van der Waals surface area contributed by atoms with Crippen LogP contribution in [-0.4, -0.2) is 24.4 Å². The quantitative estimate of drug-likeness (QED) is 0.672. The van der Waals surface area contributed by atoms with Gasteiger partial charge in [0, 0.05) is 17.8 Å². The molecule has 1 amide bonds. The van der Waals surface area contributed by atoms with Crippen LogP contribution in [0, 0.1) is 5.82 Å². The maximum absolute atomic E-state index is 13.8. The van der Waals surface area contributed by atoms with Gasteiger partial charge in [-0.05, 0) is 36.7 Å². The molecule has 0 heterocycles. The summed E-state index contributed by atoms with van der Waals surface area (Å²) in [4.78, 5) is 14.3. The third kappa shape index (κ3) is 5.50. The van der Waals surface area contributed by atoms with Gasteiger partial charge in [-0.2, -0.15) is 0 Å². The Kier molecular flexibility index (Phi) is 6.34. The molecule has 0 saturated heterocycles. The second-order valence-corrected chi connectivity index (χ2v) is 6.63. The van der Waals surface area contributed by atoms with E-state index in [1.54, 1.807) is 23.1 Å². The number of carbonyl (C=O) groups excluding carboxylic acids is 1. The van der Waals surface area contributed by atoms with Crippen LogP contribution in [0.4, 0.5) is 10.1 Å². The molecule has 3 nitrogen and oxygen atoms in total. The van der Waals surface area contributed by atoms with Crippen LogP contribution >= 0.6 is 0 Å². The highest BCUT2D eigenvalue weighted by molar-refractivity contribution is 5.93. The number of likely N-dealkylation sites (N-methyl/N-ethyl adjacent to an activating group) is 1. The van der Waals surface area contributed by atoms with Crippen molar-refractivity contribution in [2.45, 2.75) is 13.0 Å². The summed E-state index contributed by atoms with van der Waals surface area (Å²) < 4.78 is 13.8. The Morgan fingerprint density at radius 3 is 2.26 bits per heavy atom. The standard InChI is InChI=1S/C23H23FN2O/c1-26(16-20-12-5-7-13-21(20)24)17-23(27)25-22-14-8-6-11-19(22)15-18-9-3-2-4-10-18/h2-14H,15-17H2,1H3,(H,25,27). The van der Waals surface area contributed by atoms with Crippen LogP contribution in [0.1, 0.15) is 16.7 Å². The van der Waals surface area contributed by atoms with Crippen LogP contribution < -0.4 is 5.32 Å². The van der Waals surface area contributed by atoms with Crippen molar-refractivity contribution in [3.8, 4) is 0 Å². The first-order valence-corrected chi connectivity index (χ1v) is 8.95. The Labute approximate surface area is 159 Å². The Hall–Kier alpha value is -2.98. The van der Waals surface area contributed by atoms with E-state index in [0.717, 1.165) is 17.7 Å². The van der Waals surface area contributed by atoms with Crippen LogP contribution in [0.5, 0.6) is 0 Å². The van der Waals surface area contributed by atoms with Crippen molar-refractivity contribution in [1.29, 1.82) is 0 Å². The highest BCUT2D eigenvalue weighted by atomic mass is 19.1. The van der Waals surface area contributed by atoms with Crippen molar-refractivity contribution in [2.24, 2.45) is 0 Å². The number of para-hydroxylation sites is 1. The van der Waals surface area contributed by atoms with Crippen LogP contribution in [0.15, 0.2) is 78.9 Å². The van der Waals surface area contributed by atoms with Gasteiger partial charge in [-0.3, -0.25) is 9.69 Å². The highest BCUT2D eigenvalue weighted by Gasteiger charge is 2.11. The molecule has 0 aliphatic heterocycles. The number of rotatable bonds is 7. The van der Waals surface area contributed by atoms with Gasteiger partial charge in [0.1, 0.15) is 5.82 Å². The number of hydrogen-bond donors (Lipinski definition) is 1. The van der Waals surface area contributed by atoms with E-state index in [0.29, 0.717) is 12.1 Å². The van der Waals surface area contributed by atoms with Gasteiger partial charge >= 0.3 is 0 Å². The van der Waals surface area contributed by atoms with E-state index in [4.69, 9.17) is 0 Å². The molecule has 0 fully saturated rings. The third-order valence-corrected chi connectivity index (χ3v) is 4.34. The summed E-state index contributed by atoms with van der Waals surface area (Å²) in [5.74, 6) is -0.368. The Morgan fingerprint density at radius 2 is 1.52 bits per heavy atom. The molecule has 0 aliphatic carbocycles. The summed E-state index contributed by atoms with van der Waals surface area (Å²) in [6, 6.07) is 24.6. The largest absolute Gasteiger partial charge is 0.325 e. The van der Waals surface area contributed by atoms with E-state index in [1.165, 1.54) is 11.6 Å². The van der Waals surface area contributed by atoms with Crippen molar-refractivity contribution in [3.05, 3.63) is 101 Å². The minimum Gasteiger partial charge on any atom is -0.325 e. The van der Waals surface area contributed by atoms with Crippen LogP contribution in [0.2, 0.25) is 0 Å². The van der Waals surface area contributed by atoms with E-state index in [9.17, 15) is 9.18 Å². The first-order chi connectivity index (χ1) is 13.1. The molecule has 0 aromatic heterocycles. The minimum absolute atomic E-state index is 0.116. The van der Waals surface area contributed by atoms with Crippen molar-refractivity contribution in [1.82, 2.24) is 4.90 Å². The van der Waals surface area contributed by atoms with Gasteiger partial charge in [-0.15, -0.1) is 0 Å². The number of benzene rings is 3. The molecule has 3 rings (SSSR count). The summed E-state index contributed by atoms with van der Waals surface area (Å²) in [7, 11) is 1.81. The lowest BCUT2D eigenvalue weighted by atomic mass is 10.0. The zero-order valence-electron chi connectivity index (χ0n) is 15.4. The van der Waals surface area contributed by atoms with Crippen molar-refractivity contribution in [3.63, 3.8) is 0 Å². The number of halogens is 1. The predicted octanol–water partition coefficient (Wildman–Crippen LogP) is 4.49. The molecule has 0 saturated carbocycles. The van der Waals surface area contributed by atoms with Crippen LogP contribution in [0.25, 0.3) is 0 Å². The molecule has 0 bridgehead atoms. The van der Waals surface area contributed by atoms with Crippen molar-refractivity contribution < 1.29 is 9.18 Å². The number of nitrogens with one attached hydrogen (secondary N) is 1. The normalized spacial score (nSPS) is 10.8. The number of carbonyl (C=O) groups is 1.